The third-order valence-electron chi connectivity index (χ3n) is 3.06. The van der Waals surface area contributed by atoms with E-state index in [9.17, 15) is 13.2 Å². The second kappa shape index (κ2) is 6.59. The van der Waals surface area contributed by atoms with Crippen LogP contribution in [0.2, 0.25) is 0 Å². The van der Waals surface area contributed by atoms with E-state index in [1.807, 2.05) is 17.5 Å². The van der Waals surface area contributed by atoms with Gasteiger partial charge in [0.15, 0.2) is 5.03 Å². The van der Waals surface area contributed by atoms with Crippen molar-refractivity contribution in [3.8, 4) is 0 Å². The van der Waals surface area contributed by atoms with Gasteiger partial charge in [-0.15, -0.1) is 11.3 Å². The van der Waals surface area contributed by atoms with Gasteiger partial charge in [0.05, 0.1) is 5.69 Å². The van der Waals surface area contributed by atoms with Crippen LogP contribution in [-0.2, 0) is 28.3 Å². The second-order valence-corrected chi connectivity index (χ2v) is 7.73. The number of thiophene rings is 1. The van der Waals surface area contributed by atoms with Gasteiger partial charge in [0.2, 0.25) is 0 Å². The monoisotopic (exact) mass is 343 g/mol. The fourth-order valence-electron chi connectivity index (χ4n) is 2.09. The predicted octanol–water partition coefficient (Wildman–Crippen LogP) is 1.11. The average Bonchev–Trinajstić information content (AvgIpc) is 3.03. The molecule has 0 aliphatic heterocycles. The van der Waals surface area contributed by atoms with Gasteiger partial charge in [0, 0.05) is 18.5 Å². The summed E-state index contributed by atoms with van der Waals surface area (Å²) in [6, 6.07) is 5.21. The zero-order chi connectivity index (χ0) is 16.3. The quantitative estimate of drug-likeness (QED) is 0.813. The second-order valence-electron chi connectivity index (χ2n) is 4.81. The number of carboxylic acid groups (broad SMARTS) is 1. The van der Waals surface area contributed by atoms with Crippen molar-refractivity contribution in [1.29, 1.82) is 0 Å². The smallest absolute Gasteiger partial charge is 0.318 e. The lowest BCUT2D eigenvalue weighted by molar-refractivity contribution is -0.137. The maximum Gasteiger partial charge on any atom is 0.318 e. The molecule has 1 N–H and O–H groups in total. The largest absolute Gasteiger partial charge is 0.480 e. The highest BCUT2D eigenvalue weighted by atomic mass is 32.2. The maximum atomic E-state index is 12.7. The van der Waals surface area contributed by atoms with Crippen molar-refractivity contribution in [3.05, 3.63) is 34.2 Å². The molecule has 0 fully saturated rings. The lowest BCUT2D eigenvalue weighted by Gasteiger charge is -2.19. The molecule has 0 unspecified atom stereocenters. The summed E-state index contributed by atoms with van der Waals surface area (Å²) >= 11 is 1.51. The molecule has 120 valence electrons. The van der Waals surface area contributed by atoms with Gasteiger partial charge < -0.3 is 5.11 Å². The van der Waals surface area contributed by atoms with E-state index < -0.39 is 22.5 Å². The van der Waals surface area contributed by atoms with E-state index in [-0.39, 0.29) is 11.6 Å². The number of nitrogens with zero attached hydrogens (tertiary/aromatic N) is 3. The van der Waals surface area contributed by atoms with Crippen LogP contribution < -0.4 is 0 Å². The third kappa shape index (κ3) is 3.73. The Morgan fingerprint density at radius 3 is 2.73 bits per heavy atom. The molecule has 2 aromatic rings. The Labute approximate surface area is 132 Å². The minimum absolute atomic E-state index is 0.00238. The van der Waals surface area contributed by atoms with Crippen LogP contribution in [-0.4, -0.2) is 46.7 Å². The van der Waals surface area contributed by atoms with Gasteiger partial charge in [0.1, 0.15) is 6.54 Å². The highest BCUT2D eigenvalue weighted by molar-refractivity contribution is 7.89. The molecule has 9 heteroatoms. The SMILES string of the molecule is Cc1cc(S(=O)(=O)N(CCc2cccs2)CC(=O)O)n(C)n1. The van der Waals surface area contributed by atoms with Crippen LogP contribution in [0.25, 0.3) is 0 Å². The lowest BCUT2D eigenvalue weighted by atomic mass is 10.3. The zero-order valence-electron chi connectivity index (χ0n) is 12.3. The minimum Gasteiger partial charge on any atom is -0.480 e. The molecule has 0 radical (unpaired) electrons. The molecular formula is C13H17N3O4S2. The molecule has 0 saturated heterocycles. The number of aliphatic carboxylic acids is 1. The molecule has 0 bridgehead atoms. The summed E-state index contributed by atoms with van der Waals surface area (Å²) in [6.07, 6.45) is 0.473. The van der Waals surface area contributed by atoms with E-state index in [4.69, 9.17) is 5.11 Å². The van der Waals surface area contributed by atoms with Gasteiger partial charge in [-0.3, -0.25) is 9.48 Å². The maximum absolute atomic E-state index is 12.7. The summed E-state index contributed by atoms with van der Waals surface area (Å²) < 4.78 is 27.6. The average molecular weight is 343 g/mol. The Kier molecular flexibility index (Phi) is 4.99. The van der Waals surface area contributed by atoms with E-state index in [0.29, 0.717) is 12.1 Å². The number of hydrogen-bond acceptors (Lipinski definition) is 5. The molecule has 0 atom stereocenters. The highest BCUT2D eigenvalue weighted by Crippen LogP contribution is 2.18. The van der Waals surface area contributed by atoms with Crippen molar-refractivity contribution >= 4 is 27.3 Å². The topological polar surface area (TPSA) is 92.5 Å². The Balaban J connectivity index is 2.27. The van der Waals surface area contributed by atoms with E-state index in [0.717, 1.165) is 9.18 Å². The molecule has 0 aliphatic rings. The molecule has 0 aromatic carbocycles. The van der Waals surface area contributed by atoms with Crippen molar-refractivity contribution in [2.24, 2.45) is 7.05 Å². The lowest BCUT2D eigenvalue weighted by Crippen LogP contribution is -2.38. The summed E-state index contributed by atoms with van der Waals surface area (Å²) in [7, 11) is -2.38. The minimum atomic E-state index is -3.90. The van der Waals surface area contributed by atoms with Crippen LogP contribution in [0.1, 0.15) is 10.6 Å². The summed E-state index contributed by atoms with van der Waals surface area (Å²) in [5, 5.41) is 14.9. The molecule has 2 heterocycles. The van der Waals surface area contributed by atoms with Gasteiger partial charge in [-0.05, 0) is 30.9 Å². The van der Waals surface area contributed by atoms with Gasteiger partial charge in [-0.2, -0.15) is 9.40 Å². The van der Waals surface area contributed by atoms with Crippen LogP contribution in [0.3, 0.4) is 0 Å². The summed E-state index contributed by atoms with van der Waals surface area (Å²) in [6.45, 7) is 1.23. The first-order chi connectivity index (χ1) is 10.3. The number of rotatable bonds is 7. The molecule has 0 aliphatic carbocycles. The standard InChI is InChI=1S/C13H17N3O4S2/c1-10-8-12(15(2)14-10)22(19,20)16(9-13(17)18)6-5-11-4-3-7-21-11/h3-4,7-8H,5-6,9H2,1-2H3,(H,17,18). The first-order valence-electron chi connectivity index (χ1n) is 6.55. The van der Waals surface area contributed by atoms with Gasteiger partial charge in [0.25, 0.3) is 10.0 Å². The highest BCUT2D eigenvalue weighted by Gasteiger charge is 2.29. The Morgan fingerprint density at radius 2 is 2.23 bits per heavy atom. The van der Waals surface area contributed by atoms with Gasteiger partial charge >= 0.3 is 5.97 Å². The van der Waals surface area contributed by atoms with E-state index in [1.165, 1.54) is 29.1 Å². The van der Waals surface area contributed by atoms with Crippen LogP contribution in [0.5, 0.6) is 0 Å². The molecule has 2 rings (SSSR count). The van der Waals surface area contributed by atoms with Crippen molar-refractivity contribution in [2.75, 3.05) is 13.1 Å². The van der Waals surface area contributed by atoms with Crippen LogP contribution in [0.4, 0.5) is 0 Å². The van der Waals surface area contributed by atoms with Crippen molar-refractivity contribution < 1.29 is 18.3 Å². The summed E-state index contributed by atoms with van der Waals surface area (Å²) in [5.41, 5.74) is 0.564. The molecule has 0 spiro atoms. The van der Waals surface area contributed by atoms with Gasteiger partial charge in [-0.1, -0.05) is 6.07 Å². The number of carbonyl (C=O) groups is 1. The molecule has 0 saturated carbocycles. The van der Waals surface area contributed by atoms with E-state index in [2.05, 4.69) is 5.10 Å². The number of aromatic nitrogens is 2. The normalized spacial score (nSPS) is 12.0. The fraction of sp³-hybridized carbons (Fsp3) is 0.385. The number of hydrogen-bond donors (Lipinski definition) is 1. The van der Waals surface area contributed by atoms with Crippen molar-refractivity contribution in [3.63, 3.8) is 0 Å². The van der Waals surface area contributed by atoms with Crippen LogP contribution in [0.15, 0.2) is 28.6 Å². The van der Waals surface area contributed by atoms with E-state index in [1.54, 1.807) is 6.92 Å². The van der Waals surface area contributed by atoms with Crippen molar-refractivity contribution in [1.82, 2.24) is 14.1 Å². The molecule has 7 nitrogen and oxygen atoms in total. The number of aryl methyl sites for hydroxylation is 2. The Bertz CT molecular complexity index is 750. The third-order valence-corrected chi connectivity index (χ3v) is 5.90. The molecular weight excluding hydrogens is 326 g/mol. The first-order valence-corrected chi connectivity index (χ1v) is 8.87. The van der Waals surface area contributed by atoms with Crippen LogP contribution >= 0.6 is 11.3 Å². The Morgan fingerprint density at radius 1 is 1.50 bits per heavy atom. The first kappa shape index (κ1) is 16.7. The molecule has 22 heavy (non-hydrogen) atoms. The summed E-state index contributed by atoms with van der Waals surface area (Å²) in [4.78, 5) is 12.0. The molecule has 0 amide bonds. The zero-order valence-corrected chi connectivity index (χ0v) is 13.9. The van der Waals surface area contributed by atoms with Crippen molar-refractivity contribution in [2.45, 2.75) is 18.4 Å². The van der Waals surface area contributed by atoms with Crippen LogP contribution in [0, 0.1) is 6.92 Å². The van der Waals surface area contributed by atoms with Gasteiger partial charge in [-0.25, -0.2) is 8.42 Å². The number of carboxylic acids is 1. The van der Waals surface area contributed by atoms with E-state index >= 15 is 0 Å². The molecule has 2 aromatic heterocycles. The number of sulfonamides is 1. The fourth-order valence-corrected chi connectivity index (χ4v) is 4.35. The summed E-state index contributed by atoms with van der Waals surface area (Å²) in [5.74, 6) is -1.19. The Hall–Kier alpha value is -1.71. The predicted molar refractivity (Wildman–Crippen MR) is 82.4 cm³/mol.